The van der Waals surface area contributed by atoms with E-state index in [1.54, 1.807) is 30.3 Å². The lowest BCUT2D eigenvalue weighted by molar-refractivity contribution is -0.143. The highest BCUT2D eigenvalue weighted by molar-refractivity contribution is 5.67. The van der Waals surface area contributed by atoms with E-state index in [2.05, 4.69) is 15.3 Å². The Kier molecular flexibility index (Phi) is 11.8. The van der Waals surface area contributed by atoms with Crippen molar-refractivity contribution in [3.8, 4) is 0 Å². The third-order valence-electron chi connectivity index (χ3n) is 8.08. The number of carbonyl (C=O) groups excluding carboxylic acids is 1. The number of benzene rings is 3. The van der Waals surface area contributed by atoms with E-state index in [4.69, 9.17) is 9.47 Å². The zero-order chi connectivity index (χ0) is 37.5. The molecular formula is C35H32F9N5O3. The molecule has 278 valence electrons. The van der Waals surface area contributed by atoms with Crippen LogP contribution in [0.5, 0.6) is 0 Å². The first-order valence-corrected chi connectivity index (χ1v) is 15.9. The normalized spacial score (nSPS) is 13.9. The molecular weight excluding hydrogens is 709 g/mol. The summed E-state index contributed by atoms with van der Waals surface area (Å²) in [4.78, 5) is 24.0. The molecule has 1 N–H and O–H groups in total. The molecule has 3 aromatic carbocycles. The molecule has 5 rings (SSSR count). The Bertz CT molecular complexity index is 1760. The van der Waals surface area contributed by atoms with Gasteiger partial charge in [0.1, 0.15) is 6.61 Å². The van der Waals surface area contributed by atoms with Gasteiger partial charge in [-0.05, 0) is 59.0 Å². The molecule has 0 saturated carbocycles. The van der Waals surface area contributed by atoms with Crippen LogP contribution < -0.4 is 15.1 Å². The lowest BCUT2D eigenvalue weighted by Crippen LogP contribution is -2.36. The lowest BCUT2D eigenvalue weighted by atomic mass is 9.99. The van der Waals surface area contributed by atoms with E-state index in [0.717, 1.165) is 17.7 Å². The standard InChI is InChI=1S/C35H32F9N5O3/c36-33(37,38)27-7-6-25(8-9-45-32(50)52-22-23-4-2-1-3-5-23)26(16-27)21-49(31-46-18-30(19-47-31)48-10-12-51-13-11-48)20-24-14-28(34(39,40)41)17-29(15-24)35(42,43)44/h1-7,14-19H,8-13,20-22H2,(H,45,50). The highest BCUT2D eigenvalue weighted by atomic mass is 19.4. The minimum Gasteiger partial charge on any atom is -0.445 e. The molecule has 1 aromatic heterocycles. The maximum Gasteiger partial charge on any atom is 0.416 e. The molecule has 1 aliphatic rings. The monoisotopic (exact) mass is 741 g/mol. The van der Waals surface area contributed by atoms with Gasteiger partial charge in [0.25, 0.3) is 0 Å². The highest BCUT2D eigenvalue weighted by Gasteiger charge is 2.37. The van der Waals surface area contributed by atoms with Gasteiger partial charge in [0, 0.05) is 32.7 Å². The Morgan fingerprint density at radius 2 is 1.37 bits per heavy atom. The fourth-order valence-corrected chi connectivity index (χ4v) is 5.46. The number of amides is 1. The van der Waals surface area contributed by atoms with Gasteiger partial charge in [-0.1, -0.05) is 36.4 Å². The molecule has 0 bridgehead atoms. The van der Waals surface area contributed by atoms with Gasteiger partial charge in [-0.15, -0.1) is 0 Å². The largest absolute Gasteiger partial charge is 0.445 e. The number of hydrogen-bond donors (Lipinski definition) is 1. The van der Waals surface area contributed by atoms with Crippen LogP contribution in [0, 0.1) is 0 Å². The number of carbonyl (C=O) groups is 1. The molecule has 2 heterocycles. The van der Waals surface area contributed by atoms with Gasteiger partial charge in [0.15, 0.2) is 0 Å². The Hall–Kier alpha value is -5.06. The van der Waals surface area contributed by atoms with Gasteiger partial charge in [-0.3, -0.25) is 0 Å². The molecule has 1 saturated heterocycles. The zero-order valence-electron chi connectivity index (χ0n) is 27.3. The number of alkyl halides is 9. The van der Waals surface area contributed by atoms with E-state index in [1.807, 2.05) is 4.90 Å². The maximum atomic E-state index is 13.9. The Morgan fingerprint density at radius 1 is 0.750 bits per heavy atom. The van der Waals surface area contributed by atoms with Crippen LogP contribution in [0.25, 0.3) is 0 Å². The number of alkyl carbamates (subject to hydrolysis) is 1. The quantitative estimate of drug-likeness (QED) is 0.156. The molecule has 0 atom stereocenters. The summed E-state index contributed by atoms with van der Waals surface area (Å²) in [5, 5.41) is 2.53. The van der Waals surface area contributed by atoms with Crippen molar-refractivity contribution in [2.24, 2.45) is 0 Å². The first kappa shape index (κ1) is 38.2. The summed E-state index contributed by atoms with van der Waals surface area (Å²) in [5.41, 5.74) is -2.94. The Balaban J connectivity index is 1.45. The fourth-order valence-electron chi connectivity index (χ4n) is 5.46. The number of halogens is 9. The van der Waals surface area contributed by atoms with Crippen molar-refractivity contribution in [3.63, 3.8) is 0 Å². The van der Waals surface area contributed by atoms with Crippen molar-refractivity contribution in [3.05, 3.63) is 118 Å². The van der Waals surface area contributed by atoms with Gasteiger partial charge in [0.2, 0.25) is 5.95 Å². The van der Waals surface area contributed by atoms with Gasteiger partial charge < -0.3 is 24.6 Å². The summed E-state index contributed by atoms with van der Waals surface area (Å²) in [5.74, 6) is -0.158. The minimum absolute atomic E-state index is 0.000351. The smallest absolute Gasteiger partial charge is 0.416 e. The molecule has 0 spiro atoms. The average Bonchev–Trinajstić information content (AvgIpc) is 3.10. The van der Waals surface area contributed by atoms with Gasteiger partial charge >= 0.3 is 24.6 Å². The van der Waals surface area contributed by atoms with Crippen LogP contribution in [0.3, 0.4) is 0 Å². The third kappa shape index (κ3) is 10.5. The van der Waals surface area contributed by atoms with Crippen LogP contribution >= 0.6 is 0 Å². The van der Waals surface area contributed by atoms with Crippen LogP contribution in [0.1, 0.15) is 38.9 Å². The van der Waals surface area contributed by atoms with E-state index in [-0.39, 0.29) is 37.2 Å². The molecule has 0 radical (unpaired) electrons. The van der Waals surface area contributed by atoms with Crippen LogP contribution in [-0.4, -0.2) is 48.9 Å². The third-order valence-corrected chi connectivity index (χ3v) is 8.08. The number of nitrogens with zero attached hydrogens (tertiary/aromatic N) is 4. The Morgan fingerprint density at radius 3 is 1.96 bits per heavy atom. The van der Waals surface area contributed by atoms with Crippen LogP contribution in [0.2, 0.25) is 0 Å². The zero-order valence-corrected chi connectivity index (χ0v) is 27.3. The fraction of sp³-hybridized carbons (Fsp3) is 0.343. The van der Waals surface area contributed by atoms with Crippen LogP contribution in [0.4, 0.5) is 55.9 Å². The van der Waals surface area contributed by atoms with Gasteiger partial charge in [0.05, 0.1) is 48.0 Å². The molecule has 1 fully saturated rings. The summed E-state index contributed by atoms with van der Waals surface area (Å²) >= 11 is 0. The van der Waals surface area contributed by atoms with Gasteiger partial charge in [-0.2, -0.15) is 39.5 Å². The predicted molar refractivity (Wildman–Crippen MR) is 171 cm³/mol. The molecule has 0 aliphatic carbocycles. The number of ether oxygens (including phenoxy) is 2. The molecule has 0 unspecified atom stereocenters. The second-order valence-corrected chi connectivity index (χ2v) is 11.8. The number of morpholine rings is 1. The van der Waals surface area contributed by atoms with Crippen molar-refractivity contribution in [2.45, 2.75) is 44.6 Å². The molecule has 4 aromatic rings. The predicted octanol–water partition coefficient (Wildman–Crippen LogP) is 8.05. The summed E-state index contributed by atoms with van der Waals surface area (Å²) in [7, 11) is 0. The van der Waals surface area contributed by atoms with Crippen molar-refractivity contribution >= 4 is 17.7 Å². The minimum atomic E-state index is -5.12. The molecule has 1 aliphatic heterocycles. The highest BCUT2D eigenvalue weighted by Crippen LogP contribution is 2.37. The maximum absolute atomic E-state index is 13.9. The van der Waals surface area contributed by atoms with E-state index in [9.17, 15) is 44.3 Å². The van der Waals surface area contributed by atoms with E-state index in [1.165, 1.54) is 23.4 Å². The number of anilines is 2. The SMILES string of the molecule is O=C(NCCc1ccc(C(F)(F)F)cc1CN(Cc1cc(C(F)(F)F)cc(C(F)(F)F)c1)c1ncc(N2CCOCC2)cn1)OCc1ccccc1. The number of rotatable bonds is 11. The number of nitrogens with one attached hydrogen (secondary N) is 1. The first-order valence-electron chi connectivity index (χ1n) is 15.9. The van der Waals surface area contributed by atoms with Crippen molar-refractivity contribution in [2.75, 3.05) is 42.6 Å². The van der Waals surface area contributed by atoms with Crippen molar-refractivity contribution in [1.82, 2.24) is 15.3 Å². The van der Waals surface area contributed by atoms with E-state index in [0.29, 0.717) is 49.7 Å². The molecule has 52 heavy (non-hydrogen) atoms. The summed E-state index contributed by atoms with van der Waals surface area (Å²) in [6, 6.07) is 12.8. The summed E-state index contributed by atoms with van der Waals surface area (Å²) < 4.78 is 134. The van der Waals surface area contributed by atoms with Crippen LogP contribution in [-0.2, 0) is 54.1 Å². The van der Waals surface area contributed by atoms with Crippen LogP contribution in [0.15, 0.2) is 79.1 Å². The van der Waals surface area contributed by atoms with Crippen molar-refractivity contribution < 1.29 is 53.8 Å². The second-order valence-electron chi connectivity index (χ2n) is 11.8. The lowest BCUT2D eigenvalue weighted by Gasteiger charge is -2.29. The molecule has 8 nitrogen and oxygen atoms in total. The first-order chi connectivity index (χ1) is 24.6. The summed E-state index contributed by atoms with van der Waals surface area (Å²) in [6.07, 6.45) is -13.0. The summed E-state index contributed by atoms with van der Waals surface area (Å²) in [6.45, 7) is 0.709. The molecule has 1 amide bonds. The van der Waals surface area contributed by atoms with Crippen molar-refractivity contribution in [1.29, 1.82) is 0 Å². The second kappa shape index (κ2) is 16.1. The number of aromatic nitrogens is 2. The van der Waals surface area contributed by atoms with E-state index >= 15 is 0 Å². The number of hydrogen-bond acceptors (Lipinski definition) is 7. The van der Waals surface area contributed by atoms with Gasteiger partial charge in [-0.25, -0.2) is 14.8 Å². The topological polar surface area (TPSA) is 79.8 Å². The molecule has 17 heteroatoms. The van der Waals surface area contributed by atoms with E-state index < -0.39 is 60.0 Å². The average molecular weight is 742 g/mol. The Labute approximate surface area is 292 Å².